The Hall–Kier alpha value is -3.22. The van der Waals surface area contributed by atoms with Crippen LogP contribution < -0.4 is 20.4 Å². The second-order valence-corrected chi connectivity index (χ2v) is 9.65. The predicted octanol–water partition coefficient (Wildman–Crippen LogP) is 5.46. The highest BCUT2D eigenvalue weighted by Crippen LogP contribution is 2.35. The summed E-state index contributed by atoms with van der Waals surface area (Å²) in [6.45, 7) is 8.25. The van der Waals surface area contributed by atoms with Crippen LogP contribution in [0.1, 0.15) is 45.1 Å². The zero-order chi connectivity index (χ0) is 24.1. The number of aliphatic carboxylic acids is 1. The Morgan fingerprint density at radius 2 is 1.70 bits per heavy atom. The second kappa shape index (κ2) is 10.6. The molecule has 1 aliphatic heterocycles. The molecular formula is C26H36N4O3. The van der Waals surface area contributed by atoms with Crippen molar-refractivity contribution < 1.29 is 14.7 Å². The van der Waals surface area contributed by atoms with E-state index in [1.54, 1.807) is 0 Å². The third-order valence-corrected chi connectivity index (χ3v) is 6.17. The molecule has 1 heterocycles. The van der Waals surface area contributed by atoms with Crippen molar-refractivity contribution >= 4 is 34.7 Å². The molecule has 33 heavy (non-hydrogen) atoms. The maximum absolute atomic E-state index is 12.9. The van der Waals surface area contributed by atoms with Gasteiger partial charge in [0.25, 0.3) is 0 Å². The number of carbonyl (C=O) groups is 2. The van der Waals surface area contributed by atoms with E-state index in [2.05, 4.69) is 29.4 Å². The van der Waals surface area contributed by atoms with Gasteiger partial charge in [-0.3, -0.25) is 4.79 Å². The van der Waals surface area contributed by atoms with E-state index in [9.17, 15) is 14.7 Å². The summed E-state index contributed by atoms with van der Waals surface area (Å²) in [7, 11) is 3.94. The summed E-state index contributed by atoms with van der Waals surface area (Å²) < 4.78 is 0. The number of carboxylic acid groups (broad SMARTS) is 1. The Kier molecular flexibility index (Phi) is 7.84. The average molecular weight is 453 g/mol. The van der Waals surface area contributed by atoms with Gasteiger partial charge in [0, 0.05) is 38.6 Å². The third kappa shape index (κ3) is 6.63. The SMILES string of the molecule is CC1CC(C)CN(c2ccc(C(C)CC(=O)O)cc2NC(=O)Nc2ccc(N(C)C)cc2)C1. The molecule has 7 nitrogen and oxygen atoms in total. The lowest BCUT2D eigenvalue weighted by atomic mass is 9.91. The van der Waals surface area contributed by atoms with Crippen LogP contribution in [0.4, 0.5) is 27.5 Å². The highest BCUT2D eigenvalue weighted by molar-refractivity contribution is 6.02. The number of piperidine rings is 1. The van der Waals surface area contributed by atoms with Crippen LogP contribution in [0, 0.1) is 11.8 Å². The second-order valence-electron chi connectivity index (χ2n) is 9.65. The van der Waals surface area contributed by atoms with Gasteiger partial charge in [-0.1, -0.05) is 26.8 Å². The standard InChI is InChI=1S/C26H36N4O3/c1-17-12-18(2)16-30(15-17)24-11-6-20(19(3)13-25(31)32)14-23(24)28-26(33)27-21-7-9-22(10-8-21)29(4)5/h6-11,14,17-19H,12-13,15-16H2,1-5H3,(H,31,32)(H2,27,28,33). The summed E-state index contributed by atoms with van der Waals surface area (Å²) in [5, 5.41) is 15.1. The van der Waals surface area contributed by atoms with Gasteiger partial charge in [-0.25, -0.2) is 4.79 Å². The molecule has 2 aromatic carbocycles. The fourth-order valence-electron chi connectivity index (χ4n) is 4.60. The van der Waals surface area contributed by atoms with E-state index in [1.165, 1.54) is 6.42 Å². The number of urea groups is 1. The first kappa shape index (κ1) is 24.4. The fourth-order valence-corrected chi connectivity index (χ4v) is 4.60. The number of nitrogens with one attached hydrogen (secondary N) is 2. The normalized spacial score (nSPS) is 19.0. The Morgan fingerprint density at radius 1 is 1.06 bits per heavy atom. The van der Waals surface area contributed by atoms with Crippen molar-refractivity contribution in [2.45, 2.75) is 39.5 Å². The molecule has 0 aliphatic carbocycles. The highest BCUT2D eigenvalue weighted by Gasteiger charge is 2.25. The van der Waals surface area contributed by atoms with Crippen LogP contribution in [0.3, 0.4) is 0 Å². The lowest BCUT2D eigenvalue weighted by Crippen LogP contribution is -2.39. The van der Waals surface area contributed by atoms with Crippen LogP contribution in [0.15, 0.2) is 42.5 Å². The molecule has 7 heteroatoms. The lowest BCUT2D eigenvalue weighted by molar-refractivity contribution is -0.137. The minimum atomic E-state index is -0.835. The molecule has 1 fully saturated rings. The third-order valence-electron chi connectivity index (χ3n) is 6.17. The van der Waals surface area contributed by atoms with Gasteiger partial charge in [0.05, 0.1) is 17.8 Å². The van der Waals surface area contributed by atoms with Crippen LogP contribution in [0.2, 0.25) is 0 Å². The van der Waals surface area contributed by atoms with Crippen LogP contribution >= 0.6 is 0 Å². The molecule has 3 N–H and O–H groups in total. The number of hydrogen-bond donors (Lipinski definition) is 3. The Balaban J connectivity index is 1.84. The maximum Gasteiger partial charge on any atom is 0.323 e. The number of rotatable bonds is 7. The van der Waals surface area contributed by atoms with Crippen LogP contribution in [0.25, 0.3) is 0 Å². The van der Waals surface area contributed by atoms with Crippen molar-refractivity contribution in [1.82, 2.24) is 0 Å². The van der Waals surface area contributed by atoms with Crippen molar-refractivity contribution in [3.05, 3.63) is 48.0 Å². The molecular weight excluding hydrogens is 416 g/mol. The van der Waals surface area contributed by atoms with Crippen LogP contribution in [-0.2, 0) is 4.79 Å². The summed E-state index contributed by atoms with van der Waals surface area (Å²) >= 11 is 0. The smallest absolute Gasteiger partial charge is 0.323 e. The average Bonchev–Trinajstić information content (AvgIpc) is 2.72. The number of anilines is 4. The molecule has 2 amide bonds. The minimum Gasteiger partial charge on any atom is -0.481 e. The zero-order valence-electron chi connectivity index (χ0n) is 20.3. The van der Waals surface area contributed by atoms with E-state index in [1.807, 2.05) is 68.4 Å². The summed E-state index contributed by atoms with van der Waals surface area (Å²) in [5.41, 5.74) is 4.32. The largest absolute Gasteiger partial charge is 0.481 e. The van der Waals surface area contributed by atoms with Crippen molar-refractivity contribution in [3.63, 3.8) is 0 Å². The van der Waals surface area contributed by atoms with Crippen LogP contribution in [0.5, 0.6) is 0 Å². The van der Waals surface area contributed by atoms with E-state index in [0.29, 0.717) is 23.2 Å². The van der Waals surface area contributed by atoms with Gasteiger partial charge < -0.3 is 25.5 Å². The highest BCUT2D eigenvalue weighted by atomic mass is 16.4. The molecule has 3 rings (SSSR count). The van der Waals surface area contributed by atoms with Gasteiger partial charge in [-0.2, -0.15) is 0 Å². The van der Waals surface area contributed by atoms with Crippen molar-refractivity contribution in [1.29, 1.82) is 0 Å². The van der Waals surface area contributed by atoms with Crippen LogP contribution in [-0.4, -0.2) is 44.3 Å². The first-order chi connectivity index (χ1) is 15.6. The molecule has 0 spiro atoms. The van der Waals surface area contributed by atoms with E-state index in [-0.39, 0.29) is 18.4 Å². The molecule has 0 saturated carbocycles. The summed E-state index contributed by atoms with van der Waals surface area (Å²) in [4.78, 5) is 28.4. The molecule has 178 valence electrons. The van der Waals surface area contributed by atoms with E-state index >= 15 is 0 Å². The molecule has 1 aliphatic rings. The predicted molar refractivity (Wildman–Crippen MR) is 136 cm³/mol. The van der Waals surface area contributed by atoms with Gasteiger partial charge in [0.2, 0.25) is 0 Å². The van der Waals surface area contributed by atoms with Gasteiger partial charge in [-0.15, -0.1) is 0 Å². The quantitative estimate of drug-likeness (QED) is 0.520. The first-order valence-corrected chi connectivity index (χ1v) is 11.6. The molecule has 3 unspecified atom stereocenters. The lowest BCUT2D eigenvalue weighted by Gasteiger charge is -2.37. The van der Waals surface area contributed by atoms with E-state index in [0.717, 1.165) is 30.0 Å². The Labute approximate surface area is 196 Å². The number of nitrogens with zero attached hydrogens (tertiary/aromatic N) is 2. The molecule has 0 aromatic heterocycles. The Morgan fingerprint density at radius 3 is 2.27 bits per heavy atom. The van der Waals surface area contributed by atoms with Crippen molar-refractivity contribution in [3.8, 4) is 0 Å². The summed E-state index contributed by atoms with van der Waals surface area (Å²) in [6.07, 6.45) is 1.23. The monoisotopic (exact) mass is 452 g/mol. The molecule has 2 aromatic rings. The molecule has 1 saturated heterocycles. The maximum atomic E-state index is 12.9. The fraction of sp³-hybridized carbons (Fsp3) is 0.462. The number of carboxylic acids is 1. The summed E-state index contributed by atoms with van der Waals surface area (Å²) in [6, 6.07) is 13.2. The van der Waals surface area contributed by atoms with E-state index < -0.39 is 5.97 Å². The van der Waals surface area contributed by atoms with Gasteiger partial charge in [-0.05, 0) is 66.1 Å². The first-order valence-electron chi connectivity index (χ1n) is 11.6. The van der Waals surface area contributed by atoms with Crippen molar-refractivity contribution in [2.75, 3.05) is 47.6 Å². The number of hydrogen-bond acceptors (Lipinski definition) is 4. The molecule has 3 atom stereocenters. The summed E-state index contributed by atoms with van der Waals surface area (Å²) in [5.74, 6) is 0.143. The number of carbonyl (C=O) groups excluding carboxylic acids is 1. The Bertz CT molecular complexity index is 964. The topological polar surface area (TPSA) is 84.9 Å². The van der Waals surface area contributed by atoms with Gasteiger partial charge >= 0.3 is 12.0 Å². The van der Waals surface area contributed by atoms with Crippen molar-refractivity contribution in [2.24, 2.45) is 11.8 Å². The van der Waals surface area contributed by atoms with Gasteiger partial charge in [0.15, 0.2) is 0 Å². The number of amides is 2. The van der Waals surface area contributed by atoms with Gasteiger partial charge in [0.1, 0.15) is 0 Å². The van der Waals surface area contributed by atoms with E-state index in [4.69, 9.17) is 0 Å². The molecule has 0 bridgehead atoms. The number of benzene rings is 2. The molecule has 0 radical (unpaired) electrons. The minimum absolute atomic E-state index is 0.0426. The zero-order valence-corrected chi connectivity index (χ0v) is 20.3.